The Bertz CT molecular complexity index is 1090. The number of benzene rings is 3. The lowest BCUT2D eigenvalue weighted by atomic mass is 10.0. The SMILES string of the molecule is N/C(=N\O)c1ccc(-c2ccccc2)cc1NC(=O)c1cccc(N2CCCCC2)c1. The van der Waals surface area contributed by atoms with Crippen LogP contribution in [0.3, 0.4) is 0 Å². The van der Waals surface area contributed by atoms with E-state index in [1.165, 1.54) is 19.3 Å². The van der Waals surface area contributed by atoms with E-state index in [2.05, 4.69) is 15.4 Å². The van der Waals surface area contributed by atoms with E-state index in [0.29, 0.717) is 16.8 Å². The summed E-state index contributed by atoms with van der Waals surface area (Å²) in [6.45, 7) is 2.02. The molecule has 1 amide bonds. The molecule has 0 aromatic heterocycles. The maximum atomic E-state index is 13.1. The Morgan fingerprint density at radius 1 is 0.903 bits per heavy atom. The third kappa shape index (κ3) is 4.69. The zero-order valence-corrected chi connectivity index (χ0v) is 17.3. The Morgan fingerprint density at radius 2 is 1.68 bits per heavy atom. The van der Waals surface area contributed by atoms with Crippen LogP contribution in [-0.2, 0) is 0 Å². The van der Waals surface area contributed by atoms with E-state index in [-0.39, 0.29) is 11.7 Å². The van der Waals surface area contributed by atoms with Crippen molar-refractivity contribution in [1.82, 2.24) is 0 Å². The Morgan fingerprint density at radius 3 is 2.42 bits per heavy atom. The minimum Gasteiger partial charge on any atom is -0.409 e. The van der Waals surface area contributed by atoms with E-state index < -0.39 is 0 Å². The maximum absolute atomic E-state index is 13.1. The molecule has 0 aliphatic carbocycles. The minimum atomic E-state index is -0.240. The van der Waals surface area contributed by atoms with Crippen LogP contribution in [0.1, 0.15) is 35.2 Å². The quantitative estimate of drug-likeness (QED) is 0.244. The Labute approximate surface area is 182 Å². The summed E-state index contributed by atoms with van der Waals surface area (Å²) in [5, 5.41) is 15.2. The molecule has 0 spiro atoms. The van der Waals surface area contributed by atoms with Crippen molar-refractivity contribution in [2.75, 3.05) is 23.3 Å². The van der Waals surface area contributed by atoms with Crippen LogP contribution in [0, 0.1) is 0 Å². The number of nitrogens with one attached hydrogen (secondary N) is 1. The van der Waals surface area contributed by atoms with Gasteiger partial charge in [0.15, 0.2) is 5.84 Å². The zero-order chi connectivity index (χ0) is 21.6. The van der Waals surface area contributed by atoms with Crippen molar-refractivity contribution in [3.05, 3.63) is 83.9 Å². The predicted molar refractivity (Wildman–Crippen MR) is 125 cm³/mol. The van der Waals surface area contributed by atoms with E-state index in [0.717, 1.165) is 29.9 Å². The Kier molecular flexibility index (Phi) is 6.17. The molecule has 1 aliphatic heterocycles. The molecule has 6 nitrogen and oxygen atoms in total. The van der Waals surface area contributed by atoms with Gasteiger partial charge >= 0.3 is 0 Å². The number of piperidine rings is 1. The number of rotatable bonds is 5. The van der Waals surface area contributed by atoms with E-state index in [9.17, 15) is 10.0 Å². The zero-order valence-electron chi connectivity index (χ0n) is 17.3. The Hall–Kier alpha value is -3.80. The third-order valence-corrected chi connectivity index (χ3v) is 5.59. The number of oxime groups is 1. The number of hydrogen-bond donors (Lipinski definition) is 3. The fraction of sp³-hybridized carbons (Fsp3) is 0.200. The molecule has 158 valence electrons. The average Bonchev–Trinajstić information content (AvgIpc) is 2.84. The molecule has 1 heterocycles. The molecule has 0 saturated carbocycles. The summed E-state index contributed by atoms with van der Waals surface area (Å²) in [7, 11) is 0. The van der Waals surface area contributed by atoms with Crippen molar-refractivity contribution in [3.8, 4) is 11.1 Å². The number of amidine groups is 1. The van der Waals surface area contributed by atoms with Gasteiger partial charge in [0.05, 0.1) is 5.69 Å². The summed E-state index contributed by atoms with van der Waals surface area (Å²) in [6.07, 6.45) is 3.60. The van der Waals surface area contributed by atoms with Gasteiger partial charge in [-0.2, -0.15) is 0 Å². The fourth-order valence-corrected chi connectivity index (χ4v) is 3.93. The summed E-state index contributed by atoms with van der Waals surface area (Å²) in [5.74, 6) is -0.298. The van der Waals surface area contributed by atoms with Crippen LogP contribution < -0.4 is 16.0 Å². The molecule has 1 saturated heterocycles. The van der Waals surface area contributed by atoms with E-state index in [4.69, 9.17) is 5.73 Å². The van der Waals surface area contributed by atoms with Crippen molar-refractivity contribution in [1.29, 1.82) is 0 Å². The second-order valence-corrected chi connectivity index (χ2v) is 7.66. The van der Waals surface area contributed by atoms with Crippen LogP contribution in [0.2, 0.25) is 0 Å². The van der Waals surface area contributed by atoms with Crippen LogP contribution in [0.5, 0.6) is 0 Å². The number of anilines is 2. The topological polar surface area (TPSA) is 91.0 Å². The monoisotopic (exact) mass is 414 g/mol. The Balaban J connectivity index is 1.63. The lowest BCUT2D eigenvalue weighted by Crippen LogP contribution is -2.29. The molecular weight excluding hydrogens is 388 g/mol. The van der Waals surface area contributed by atoms with Gasteiger partial charge in [0.2, 0.25) is 0 Å². The van der Waals surface area contributed by atoms with Gasteiger partial charge in [-0.05, 0) is 60.7 Å². The van der Waals surface area contributed by atoms with Crippen molar-refractivity contribution in [2.24, 2.45) is 10.9 Å². The molecule has 3 aromatic rings. The highest BCUT2D eigenvalue weighted by atomic mass is 16.4. The van der Waals surface area contributed by atoms with Crippen LogP contribution in [0.4, 0.5) is 11.4 Å². The smallest absolute Gasteiger partial charge is 0.255 e. The van der Waals surface area contributed by atoms with E-state index >= 15 is 0 Å². The van der Waals surface area contributed by atoms with Crippen molar-refractivity contribution in [2.45, 2.75) is 19.3 Å². The minimum absolute atomic E-state index is 0.0584. The van der Waals surface area contributed by atoms with Crippen molar-refractivity contribution < 1.29 is 10.0 Å². The number of hydrogen-bond acceptors (Lipinski definition) is 4. The number of amides is 1. The summed E-state index contributed by atoms with van der Waals surface area (Å²) >= 11 is 0. The summed E-state index contributed by atoms with van der Waals surface area (Å²) < 4.78 is 0. The highest BCUT2D eigenvalue weighted by molar-refractivity contribution is 6.10. The molecule has 6 heteroatoms. The van der Waals surface area contributed by atoms with Crippen LogP contribution in [0.25, 0.3) is 11.1 Å². The van der Waals surface area contributed by atoms with Gasteiger partial charge < -0.3 is 21.2 Å². The lowest BCUT2D eigenvalue weighted by molar-refractivity contribution is 0.102. The first kappa shape index (κ1) is 20.5. The molecule has 31 heavy (non-hydrogen) atoms. The van der Waals surface area contributed by atoms with Gasteiger partial charge in [0.1, 0.15) is 0 Å². The summed E-state index contributed by atoms with van der Waals surface area (Å²) in [6, 6.07) is 23.0. The maximum Gasteiger partial charge on any atom is 0.255 e. The van der Waals surface area contributed by atoms with Crippen LogP contribution >= 0.6 is 0 Å². The molecule has 1 fully saturated rings. The highest BCUT2D eigenvalue weighted by Crippen LogP contribution is 2.27. The number of nitrogens with zero attached hydrogens (tertiary/aromatic N) is 2. The first-order valence-electron chi connectivity index (χ1n) is 10.5. The van der Waals surface area contributed by atoms with Crippen molar-refractivity contribution >= 4 is 23.1 Å². The van der Waals surface area contributed by atoms with E-state index in [1.807, 2.05) is 60.7 Å². The second-order valence-electron chi connectivity index (χ2n) is 7.66. The van der Waals surface area contributed by atoms with Crippen LogP contribution in [-0.4, -0.2) is 30.0 Å². The highest BCUT2D eigenvalue weighted by Gasteiger charge is 2.16. The van der Waals surface area contributed by atoms with Gasteiger partial charge in [-0.3, -0.25) is 4.79 Å². The number of carbonyl (C=O) groups excluding carboxylic acids is 1. The fourth-order valence-electron chi connectivity index (χ4n) is 3.93. The predicted octanol–water partition coefficient (Wildman–Crippen LogP) is 4.69. The van der Waals surface area contributed by atoms with Gasteiger partial charge in [0.25, 0.3) is 5.91 Å². The number of nitrogens with two attached hydrogens (primary N) is 1. The molecule has 4 rings (SSSR count). The van der Waals surface area contributed by atoms with E-state index in [1.54, 1.807) is 12.1 Å². The summed E-state index contributed by atoms with van der Waals surface area (Å²) in [5.41, 5.74) is 10.4. The molecule has 0 radical (unpaired) electrons. The number of carbonyl (C=O) groups is 1. The molecule has 0 unspecified atom stereocenters. The van der Waals surface area contributed by atoms with Gasteiger partial charge in [0, 0.05) is 29.9 Å². The molecule has 4 N–H and O–H groups in total. The average molecular weight is 415 g/mol. The first-order valence-corrected chi connectivity index (χ1v) is 10.5. The molecular formula is C25H26N4O2. The molecule has 0 bridgehead atoms. The normalized spacial score (nSPS) is 14.3. The molecule has 1 aliphatic rings. The summed E-state index contributed by atoms with van der Waals surface area (Å²) in [4.78, 5) is 15.4. The lowest BCUT2D eigenvalue weighted by Gasteiger charge is -2.29. The second kappa shape index (κ2) is 9.34. The molecule has 0 atom stereocenters. The molecule has 3 aromatic carbocycles. The third-order valence-electron chi connectivity index (χ3n) is 5.59. The standard InChI is InChI=1S/C25H26N4O2/c26-24(28-31)22-13-12-19(18-8-3-1-4-9-18)17-23(22)27-25(30)20-10-7-11-21(16-20)29-14-5-2-6-15-29/h1,3-4,7-13,16-17,31H,2,5-6,14-15H2,(H2,26,28)(H,27,30). The van der Waals surface area contributed by atoms with Gasteiger partial charge in [-0.1, -0.05) is 47.6 Å². The van der Waals surface area contributed by atoms with Gasteiger partial charge in [-0.25, -0.2) is 0 Å². The largest absolute Gasteiger partial charge is 0.409 e. The van der Waals surface area contributed by atoms with Crippen LogP contribution in [0.15, 0.2) is 78.0 Å². The van der Waals surface area contributed by atoms with Gasteiger partial charge in [-0.15, -0.1) is 0 Å². The first-order chi connectivity index (χ1) is 15.2. The van der Waals surface area contributed by atoms with Crippen molar-refractivity contribution in [3.63, 3.8) is 0 Å².